The zero-order chi connectivity index (χ0) is 17.6. The van der Waals surface area contributed by atoms with Crippen molar-refractivity contribution in [3.63, 3.8) is 0 Å². The minimum atomic E-state index is 0.676. The molecule has 0 bridgehead atoms. The molecule has 0 saturated carbocycles. The molecule has 0 amide bonds. The van der Waals surface area contributed by atoms with Gasteiger partial charge in [0.05, 0.1) is 31.5 Å². The molecule has 0 saturated heterocycles. The Morgan fingerprint density at radius 2 is 1.92 bits per heavy atom. The molecule has 9 heteroatoms. The van der Waals surface area contributed by atoms with Crippen LogP contribution in [-0.4, -0.2) is 43.8 Å². The monoisotopic (exact) mass is 356 g/mol. The lowest BCUT2D eigenvalue weighted by molar-refractivity contribution is 0.395. The topological polar surface area (TPSA) is 79.4 Å². The van der Waals surface area contributed by atoms with Crippen molar-refractivity contribution in [2.45, 2.75) is 6.92 Å². The van der Waals surface area contributed by atoms with Gasteiger partial charge in [0.25, 0.3) is 0 Å². The zero-order valence-electron chi connectivity index (χ0n) is 14.2. The summed E-state index contributed by atoms with van der Waals surface area (Å²) in [6, 6.07) is 5.65. The first kappa shape index (κ1) is 15.6. The standard InChI is InChI=1S/C16H16N6O2S/c1-9-12(8-17-21(9)2)14-18-19-16-22(14)20-15(25-16)11-6-5-10(23-3)7-13(11)24-4/h5-8H,1-4H3. The summed E-state index contributed by atoms with van der Waals surface area (Å²) in [5.41, 5.74) is 2.80. The van der Waals surface area contributed by atoms with Gasteiger partial charge in [0.15, 0.2) is 10.8 Å². The lowest BCUT2D eigenvalue weighted by Gasteiger charge is -2.07. The Balaban J connectivity index is 1.85. The summed E-state index contributed by atoms with van der Waals surface area (Å²) < 4.78 is 14.3. The molecule has 128 valence electrons. The third-order valence-electron chi connectivity index (χ3n) is 4.11. The van der Waals surface area contributed by atoms with Gasteiger partial charge >= 0.3 is 0 Å². The highest BCUT2D eigenvalue weighted by Gasteiger charge is 2.19. The van der Waals surface area contributed by atoms with Crippen molar-refractivity contribution in [3.8, 4) is 33.5 Å². The van der Waals surface area contributed by atoms with Gasteiger partial charge in [-0.1, -0.05) is 11.3 Å². The molecule has 0 aliphatic rings. The Morgan fingerprint density at radius 3 is 2.60 bits per heavy atom. The second kappa shape index (κ2) is 5.85. The third kappa shape index (κ3) is 2.43. The van der Waals surface area contributed by atoms with E-state index in [9.17, 15) is 0 Å². The zero-order valence-corrected chi connectivity index (χ0v) is 15.0. The Labute approximate surface area is 147 Å². The molecule has 4 aromatic rings. The van der Waals surface area contributed by atoms with Gasteiger partial charge in [0.1, 0.15) is 11.5 Å². The summed E-state index contributed by atoms with van der Waals surface area (Å²) in [7, 11) is 5.15. The van der Waals surface area contributed by atoms with Gasteiger partial charge < -0.3 is 9.47 Å². The highest BCUT2D eigenvalue weighted by Crippen LogP contribution is 2.36. The number of nitrogens with zero attached hydrogens (tertiary/aromatic N) is 6. The Bertz CT molecular complexity index is 1060. The second-order valence-electron chi connectivity index (χ2n) is 5.46. The molecule has 0 unspecified atom stereocenters. The van der Waals surface area contributed by atoms with E-state index in [0.717, 1.165) is 27.6 Å². The first-order chi connectivity index (χ1) is 12.1. The number of aryl methyl sites for hydroxylation is 1. The largest absolute Gasteiger partial charge is 0.497 e. The van der Waals surface area contributed by atoms with E-state index in [1.165, 1.54) is 11.3 Å². The quantitative estimate of drug-likeness (QED) is 0.559. The molecule has 0 atom stereocenters. The number of methoxy groups -OCH3 is 2. The average molecular weight is 356 g/mol. The maximum atomic E-state index is 5.48. The van der Waals surface area contributed by atoms with E-state index in [4.69, 9.17) is 9.47 Å². The van der Waals surface area contributed by atoms with Gasteiger partial charge in [-0.25, -0.2) is 0 Å². The Morgan fingerprint density at radius 1 is 1.08 bits per heavy atom. The molecule has 8 nitrogen and oxygen atoms in total. The van der Waals surface area contributed by atoms with E-state index in [1.807, 2.05) is 32.2 Å². The van der Waals surface area contributed by atoms with Crippen LogP contribution < -0.4 is 9.47 Å². The molecule has 0 spiro atoms. The van der Waals surface area contributed by atoms with Crippen LogP contribution in [-0.2, 0) is 7.05 Å². The summed E-state index contributed by atoms with van der Waals surface area (Å²) in [5.74, 6) is 2.11. The van der Waals surface area contributed by atoms with Crippen molar-refractivity contribution in [3.05, 3.63) is 30.1 Å². The van der Waals surface area contributed by atoms with Crippen molar-refractivity contribution >= 4 is 16.3 Å². The van der Waals surface area contributed by atoms with Crippen LogP contribution in [0.2, 0.25) is 0 Å². The van der Waals surface area contributed by atoms with Crippen LogP contribution in [0.25, 0.3) is 26.9 Å². The molecular weight excluding hydrogens is 340 g/mol. The van der Waals surface area contributed by atoms with Gasteiger partial charge in [0.2, 0.25) is 4.96 Å². The number of ether oxygens (including phenoxy) is 2. The van der Waals surface area contributed by atoms with Crippen molar-refractivity contribution in [2.75, 3.05) is 14.2 Å². The molecule has 0 radical (unpaired) electrons. The SMILES string of the molecule is COc1ccc(-c2nn3c(-c4cnn(C)c4C)nnc3s2)c(OC)c1. The fourth-order valence-corrected chi connectivity index (χ4v) is 3.46. The fourth-order valence-electron chi connectivity index (χ4n) is 2.59. The summed E-state index contributed by atoms with van der Waals surface area (Å²) in [4.78, 5) is 0.714. The summed E-state index contributed by atoms with van der Waals surface area (Å²) in [5, 5.41) is 18.3. The van der Waals surface area contributed by atoms with Gasteiger partial charge in [-0.15, -0.1) is 10.2 Å². The van der Waals surface area contributed by atoms with Gasteiger partial charge in [-0.05, 0) is 19.1 Å². The molecule has 3 heterocycles. The van der Waals surface area contributed by atoms with Crippen LogP contribution in [0.5, 0.6) is 11.5 Å². The smallest absolute Gasteiger partial charge is 0.235 e. The molecule has 0 aliphatic heterocycles. The van der Waals surface area contributed by atoms with Gasteiger partial charge in [-0.3, -0.25) is 4.68 Å². The average Bonchev–Trinajstić information content (AvgIpc) is 3.30. The van der Waals surface area contributed by atoms with Crippen LogP contribution >= 0.6 is 11.3 Å². The normalized spacial score (nSPS) is 11.2. The van der Waals surface area contributed by atoms with E-state index in [0.29, 0.717) is 16.5 Å². The van der Waals surface area contributed by atoms with Gasteiger partial charge in [-0.2, -0.15) is 14.7 Å². The minimum Gasteiger partial charge on any atom is -0.497 e. The molecule has 4 rings (SSSR count). The van der Waals surface area contributed by atoms with E-state index >= 15 is 0 Å². The highest BCUT2D eigenvalue weighted by molar-refractivity contribution is 7.19. The molecule has 0 N–H and O–H groups in total. The van der Waals surface area contributed by atoms with Crippen molar-refractivity contribution in [2.24, 2.45) is 7.05 Å². The maximum Gasteiger partial charge on any atom is 0.235 e. The molecule has 1 aromatic carbocycles. The van der Waals surface area contributed by atoms with Crippen LogP contribution in [0, 0.1) is 6.92 Å². The van der Waals surface area contributed by atoms with E-state index < -0.39 is 0 Å². The van der Waals surface area contributed by atoms with Crippen LogP contribution in [0.3, 0.4) is 0 Å². The lowest BCUT2D eigenvalue weighted by atomic mass is 10.2. The van der Waals surface area contributed by atoms with Crippen molar-refractivity contribution in [1.29, 1.82) is 0 Å². The van der Waals surface area contributed by atoms with Gasteiger partial charge in [0, 0.05) is 18.8 Å². The van der Waals surface area contributed by atoms with E-state index in [2.05, 4.69) is 20.4 Å². The van der Waals surface area contributed by atoms with Crippen LogP contribution in [0.15, 0.2) is 24.4 Å². The third-order valence-corrected chi connectivity index (χ3v) is 5.04. The second-order valence-corrected chi connectivity index (χ2v) is 6.41. The van der Waals surface area contributed by atoms with Crippen molar-refractivity contribution < 1.29 is 9.47 Å². The number of fused-ring (bicyclic) bond motifs is 1. The number of aromatic nitrogens is 6. The predicted molar refractivity (Wildman–Crippen MR) is 94.1 cm³/mol. The fraction of sp³-hybridized carbons (Fsp3) is 0.250. The summed E-state index contributed by atoms with van der Waals surface area (Å²) in [6.45, 7) is 1.99. The first-order valence-corrected chi connectivity index (χ1v) is 8.37. The van der Waals surface area contributed by atoms with E-state index in [-0.39, 0.29) is 0 Å². The Hall–Kier alpha value is -2.94. The number of rotatable bonds is 4. The van der Waals surface area contributed by atoms with Crippen LogP contribution in [0.1, 0.15) is 5.69 Å². The number of hydrogen-bond acceptors (Lipinski definition) is 7. The van der Waals surface area contributed by atoms with Crippen molar-refractivity contribution in [1.82, 2.24) is 29.6 Å². The number of benzene rings is 1. The molecule has 25 heavy (non-hydrogen) atoms. The molecular formula is C16H16N6O2S. The summed E-state index contributed by atoms with van der Waals surface area (Å²) in [6.07, 6.45) is 1.78. The highest BCUT2D eigenvalue weighted by atomic mass is 32.1. The van der Waals surface area contributed by atoms with Crippen LogP contribution in [0.4, 0.5) is 0 Å². The Kier molecular flexibility index (Phi) is 3.65. The minimum absolute atomic E-state index is 0.676. The molecule has 0 aliphatic carbocycles. The molecule has 0 fully saturated rings. The predicted octanol–water partition coefficient (Wildman–Crippen LogP) is 2.58. The molecule has 3 aromatic heterocycles. The van der Waals surface area contributed by atoms with E-state index in [1.54, 1.807) is 29.6 Å². The maximum absolute atomic E-state index is 5.48. The number of hydrogen-bond donors (Lipinski definition) is 0. The first-order valence-electron chi connectivity index (χ1n) is 7.56. The summed E-state index contributed by atoms with van der Waals surface area (Å²) >= 11 is 1.45. The lowest BCUT2D eigenvalue weighted by Crippen LogP contribution is -1.95.